The van der Waals surface area contributed by atoms with Gasteiger partial charge in [0.05, 0.1) is 19.2 Å². The van der Waals surface area contributed by atoms with Gasteiger partial charge in [-0.05, 0) is 25.0 Å². The fraction of sp³-hybridized carbons (Fsp3) is 0.571. The number of rotatable bonds is 4. The van der Waals surface area contributed by atoms with Crippen molar-refractivity contribution in [3.8, 4) is 5.75 Å². The molecule has 2 aliphatic heterocycles. The van der Waals surface area contributed by atoms with Crippen LogP contribution in [0.1, 0.15) is 12.8 Å². The number of aromatic nitrogens is 1. The summed E-state index contributed by atoms with van der Waals surface area (Å²) in [6.45, 7) is 2.66. The van der Waals surface area contributed by atoms with Crippen molar-refractivity contribution in [2.75, 3.05) is 26.2 Å². The number of hydrogen-bond acceptors (Lipinski definition) is 4. The highest BCUT2D eigenvalue weighted by Gasteiger charge is 2.32. The number of likely N-dealkylation sites (tertiary alicyclic amines) is 1. The van der Waals surface area contributed by atoms with Crippen LogP contribution in [0.4, 0.5) is 4.79 Å². The highest BCUT2D eigenvalue weighted by Crippen LogP contribution is 2.17. The number of nitrogens with zero attached hydrogens (tertiary/aromatic N) is 2. The lowest BCUT2D eigenvalue weighted by molar-refractivity contribution is 0.0421. The van der Waals surface area contributed by atoms with Crippen LogP contribution in [0.25, 0.3) is 0 Å². The summed E-state index contributed by atoms with van der Waals surface area (Å²) < 4.78 is 11.2. The number of urea groups is 1. The van der Waals surface area contributed by atoms with E-state index in [-0.39, 0.29) is 18.2 Å². The molecule has 1 unspecified atom stereocenters. The van der Waals surface area contributed by atoms with Crippen LogP contribution in [-0.4, -0.2) is 54.4 Å². The van der Waals surface area contributed by atoms with E-state index in [2.05, 4.69) is 10.3 Å². The predicted octanol–water partition coefficient (Wildman–Crippen LogP) is 1.03. The minimum atomic E-state index is -0.0323. The molecule has 1 aromatic heterocycles. The topological polar surface area (TPSA) is 63.7 Å². The van der Waals surface area contributed by atoms with Crippen molar-refractivity contribution in [2.45, 2.75) is 25.0 Å². The van der Waals surface area contributed by atoms with E-state index in [0.29, 0.717) is 19.6 Å². The van der Waals surface area contributed by atoms with Gasteiger partial charge in [-0.1, -0.05) is 0 Å². The van der Waals surface area contributed by atoms with Crippen molar-refractivity contribution in [1.82, 2.24) is 15.2 Å². The number of carbonyl (C=O) groups is 1. The fourth-order valence-electron chi connectivity index (χ4n) is 2.41. The summed E-state index contributed by atoms with van der Waals surface area (Å²) in [4.78, 5) is 17.6. The molecular formula is C14H19N3O3. The van der Waals surface area contributed by atoms with Crippen molar-refractivity contribution in [2.24, 2.45) is 0 Å². The van der Waals surface area contributed by atoms with Gasteiger partial charge in [0.25, 0.3) is 0 Å². The third kappa shape index (κ3) is 3.19. The zero-order valence-electron chi connectivity index (χ0n) is 11.3. The second-order valence-electron chi connectivity index (χ2n) is 5.15. The SMILES string of the molecule is O=C(NCC1CCCO1)N1CC(Oc2ccncc2)C1. The Bertz CT molecular complexity index is 442. The molecule has 0 spiro atoms. The Morgan fingerprint density at radius 2 is 2.25 bits per heavy atom. The fourth-order valence-corrected chi connectivity index (χ4v) is 2.41. The third-order valence-corrected chi connectivity index (χ3v) is 3.59. The standard InChI is InChI=1S/C14H19N3O3/c18-14(16-8-12-2-1-7-19-12)17-9-13(10-17)20-11-3-5-15-6-4-11/h3-6,12-13H,1-2,7-10H2,(H,16,18). The molecule has 108 valence electrons. The van der Waals surface area contributed by atoms with Crippen LogP contribution in [0.2, 0.25) is 0 Å². The molecule has 1 aromatic rings. The number of carbonyl (C=O) groups excluding carboxylic acids is 1. The Labute approximate surface area is 118 Å². The largest absolute Gasteiger partial charge is 0.487 e. The number of nitrogens with one attached hydrogen (secondary N) is 1. The molecule has 6 heteroatoms. The lowest BCUT2D eigenvalue weighted by Crippen LogP contribution is -2.59. The second kappa shape index (κ2) is 6.09. The summed E-state index contributed by atoms with van der Waals surface area (Å²) in [5.74, 6) is 0.796. The first kappa shape index (κ1) is 13.2. The van der Waals surface area contributed by atoms with Gasteiger partial charge in [-0.25, -0.2) is 4.79 Å². The van der Waals surface area contributed by atoms with Gasteiger partial charge in [0.2, 0.25) is 0 Å². The van der Waals surface area contributed by atoms with Crippen LogP contribution in [0, 0.1) is 0 Å². The van der Waals surface area contributed by atoms with Crippen molar-refractivity contribution >= 4 is 6.03 Å². The lowest BCUT2D eigenvalue weighted by atomic mass is 10.2. The van der Waals surface area contributed by atoms with Crippen LogP contribution in [0.3, 0.4) is 0 Å². The van der Waals surface area contributed by atoms with Crippen molar-refractivity contribution in [1.29, 1.82) is 0 Å². The molecule has 2 amide bonds. The normalized spacial score (nSPS) is 22.4. The molecule has 0 aromatic carbocycles. The summed E-state index contributed by atoms with van der Waals surface area (Å²) in [5, 5.41) is 2.91. The minimum Gasteiger partial charge on any atom is -0.487 e. The van der Waals surface area contributed by atoms with Gasteiger partial charge in [-0.2, -0.15) is 0 Å². The van der Waals surface area contributed by atoms with Crippen molar-refractivity contribution < 1.29 is 14.3 Å². The summed E-state index contributed by atoms with van der Waals surface area (Å²) in [6, 6.07) is 3.61. The number of amides is 2. The molecule has 2 aliphatic rings. The van der Waals surface area contributed by atoms with Crippen LogP contribution < -0.4 is 10.1 Å². The van der Waals surface area contributed by atoms with E-state index in [0.717, 1.165) is 25.2 Å². The molecule has 6 nitrogen and oxygen atoms in total. The van der Waals surface area contributed by atoms with E-state index in [1.807, 2.05) is 12.1 Å². The van der Waals surface area contributed by atoms with Gasteiger partial charge >= 0.3 is 6.03 Å². The molecule has 1 N–H and O–H groups in total. The maximum atomic E-state index is 11.9. The molecule has 0 aliphatic carbocycles. The average Bonchev–Trinajstić information content (AvgIpc) is 2.94. The molecule has 20 heavy (non-hydrogen) atoms. The monoisotopic (exact) mass is 277 g/mol. The smallest absolute Gasteiger partial charge is 0.317 e. The molecule has 0 bridgehead atoms. The Hall–Kier alpha value is -1.82. The molecule has 1 atom stereocenters. The Morgan fingerprint density at radius 3 is 2.95 bits per heavy atom. The molecule has 3 heterocycles. The lowest BCUT2D eigenvalue weighted by Gasteiger charge is -2.38. The Kier molecular flexibility index (Phi) is 4.01. The van der Waals surface area contributed by atoms with E-state index in [4.69, 9.17) is 9.47 Å². The highest BCUT2D eigenvalue weighted by atomic mass is 16.5. The number of pyridine rings is 1. The van der Waals surface area contributed by atoms with Crippen LogP contribution in [0.5, 0.6) is 5.75 Å². The van der Waals surface area contributed by atoms with E-state index >= 15 is 0 Å². The highest BCUT2D eigenvalue weighted by molar-refractivity contribution is 5.75. The first-order valence-corrected chi connectivity index (χ1v) is 7.02. The third-order valence-electron chi connectivity index (χ3n) is 3.59. The quantitative estimate of drug-likeness (QED) is 0.893. The van der Waals surface area contributed by atoms with Gasteiger partial charge in [-0.15, -0.1) is 0 Å². The van der Waals surface area contributed by atoms with Gasteiger partial charge < -0.3 is 19.7 Å². The molecule has 2 fully saturated rings. The summed E-state index contributed by atoms with van der Waals surface area (Å²) in [7, 11) is 0. The molecule has 0 radical (unpaired) electrons. The summed E-state index contributed by atoms with van der Waals surface area (Å²) >= 11 is 0. The van der Waals surface area contributed by atoms with E-state index < -0.39 is 0 Å². The average molecular weight is 277 g/mol. The zero-order chi connectivity index (χ0) is 13.8. The van der Waals surface area contributed by atoms with Gasteiger partial charge in [-0.3, -0.25) is 4.98 Å². The number of hydrogen-bond donors (Lipinski definition) is 1. The maximum absolute atomic E-state index is 11.9. The Balaban J connectivity index is 1.35. The van der Waals surface area contributed by atoms with E-state index in [9.17, 15) is 4.79 Å². The van der Waals surface area contributed by atoms with Crippen LogP contribution >= 0.6 is 0 Å². The summed E-state index contributed by atoms with van der Waals surface area (Å²) in [5.41, 5.74) is 0. The molecule has 0 saturated carbocycles. The van der Waals surface area contributed by atoms with Crippen LogP contribution in [-0.2, 0) is 4.74 Å². The van der Waals surface area contributed by atoms with Gasteiger partial charge in [0.15, 0.2) is 0 Å². The molecular weight excluding hydrogens is 258 g/mol. The first-order valence-electron chi connectivity index (χ1n) is 7.02. The van der Waals surface area contributed by atoms with Gasteiger partial charge in [0.1, 0.15) is 11.9 Å². The van der Waals surface area contributed by atoms with E-state index in [1.54, 1.807) is 17.3 Å². The van der Waals surface area contributed by atoms with E-state index in [1.165, 1.54) is 0 Å². The zero-order valence-corrected chi connectivity index (χ0v) is 11.3. The molecule has 3 rings (SSSR count). The predicted molar refractivity (Wildman–Crippen MR) is 72.6 cm³/mol. The Morgan fingerprint density at radius 1 is 1.45 bits per heavy atom. The minimum absolute atomic E-state index is 0.0323. The van der Waals surface area contributed by atoms with Crippen molar-refractivity contribution in [3.05, 3.63) is 24.5 Å². The summed E-state index contributed by atoms with van der Waals surface area (Å²) in [6.07, 6.45) is 5.77. The first-order chi connectivity index (χ1) is 9.81. The molecule has 2 saturated heterocycles. The van der Waals surface area contributed by atoms with Crippen molar-refractivity contribution in [3.63, 3.8) is 0 Å². The van der Waals surface area contributed by atoms with Crippen LogP contribution in [0.15, 0.2) is 24.5 Å². The van der Waals surface area contributed by atoms with Gasteiger partial charge in [0, 0.05) is 25.5 Å². The maximum Gasteiger partial charge on any atom is 0.317 e. The second-order valence-corrected chi connectivity index (χ2v) is 5.15. The number of ether oxygens (including phenoxy) is 2.